The van der Waals surface area contributed by atoms with E-state index in [1.807, 2.05) is 14.0 Å². The molecule has 6 nitrogen and oxygen atoms in total. The summed E-state index contributed by atoms with van der Waals surface area (Å²) in [6.07, 6.45) is 1.94. The minimum absolute atomic E-state index is 0.136. The average molecular weight is 270 g/mol. The van der Waals surface area contributed by atoms with E-state index in [2.05, 4.69) is 20.2 Å². The molecule has 0 aliphatic carbocycles. The van der Waals surface area contributed by atoms with E-state index in [4.69, 9.17) is 11.6 Å². The quantitative estimate of drug-likeness (QED) is 0.621. The van der Waals surface area contributed by atoms with Gasteiger partial charge in [0, 0.05) is 7.05 Å². The second-order valence-corrected chi connectivity index (χ2v) is 4.51. The number of nitrogens with zero attached hydrogens (tertiary/aromatic N) is 5. The highest BCUT2D eigenvalue weighted by atomic mass is 35.5. The van der Waals surface area contributed by atoms with Crippen molar-refractivity contribution in [1.29, 1.82) is 0 Å². The molecule has 2 aromatic rings. The van der Waals surface area contributed by atoms with Crippen molar-refractivity contribution in [2.45, 2.75) is 17.1 Å². The van der Waals surface area contributed by atoms with Crippen LogP contribution in [0.2, 0.25) is 5.15 Å². The van der Waals surface area contributed by atoms with Gasteiger partial charge in [0.05, 0.1) is 5.56 Å². The van der Waals surface area contributed by atoms with Gasteiger partial charge in [-0.1, -0.05) is 11.6 Å². The van der Waals surface area contributed by atoms with Gasteiger partial charge in [-0.05, 0) is 18.7 Å². The summed E-state index contributed by atoms with van der Waals surface area (Å²) in [6.45, 7) is 1.84. The molecule has 0 unspecified atom stereocenters. The topological polar surface area (TPSA) is 73.6 Å². The van der Waals surface area contributed by atoms with Gasteiger partial charge in [0.25, 0.3) is 0 Å². The summed E-state index contributed by atoms with van der Waals surface area (Å²) in [6, 6.07) is 0. The molecule has 0 fully saturated rings. The normalized spacial score (nSPS) is 10.5. The van der Waals surface area contributed by atoms with Crippen molar-refractivity contribution in [3.05, 3.63) is 22.9 Å². The minimum atomic E-state index is 0.136. The summed E-state index contributed by atoms with van der Waals surface area (Å²) in [5.41, 5.74) is 0.264. The number of aryl methyl sites for hydroxylation is 1. The van der Waals surface area contributed by atoms with Crippen LogP contribution in [0.1, 0.15) is 16.2 Å². The largest absolute Gasteiger partial charge is 0.309 e. The molecular formula is C9H8ClN5OS. The van der Waals surface area contributed by atoms with E-state index in [0.717, 1.165) is 5.82 Å². The van der Waals surface area contributed by atoms with E-state index in [1.165, 1.54) is 18.1 Å². The Bertz CT molecular complexity index is 571. The third kappa shape index (κ3) is 2.29. The first-order chi connectivity index (χ1) is 8.13. The van der Waals surface area contributed by atoms with Crippen molar-refractivity contribution in [2.75, 3.05) is 0 Å². The van der Waals surface area contributed by atoms with E-state index < -0.39 is 0 Å². The lowest BCUT2D eigenvalue weighted by atomic mass is 10.4. The highest BCUT2D eigenvalue weighted by molar-refractivity contribution is 7.99. The Hall–Kier alpha value is -1.47. The van der Waals surface area contributed by atoms with Gasteiger partial charge in [0.2, 0.25) is 0 Å². The fraction of sp³-hybridized carbons (Fsp3) is 0.222. The molecule has 8 heteroatoms. The number of aromatic nitrogens is 5. The second kappa shape index (κ2) is 4.80. The molecule has 0 bridgehead atoms. The number of rotatable bonds is 3. The molecule has 0 saturated heterocycles. The Kier molecular flexibility index (Phi) is 3.39. The van der Waals surface area contributed by atoms with Crippen molar-refractivity contribution < 1.29 is 4.79 Å². The maximum atomic E-state index is 10.9. The molecule has 0 spiro atoms. The van der Waals surface area contributed by atoms with E-state index in [0.29, 0.717) is 16.5 Å². The molecule has 0 saturated carbocycles. The lowest BCUT2D eigenvalue weighted by Crippen LogP contribution is -1.97. The summed E-state index contributed by atoms with van der Waals surface area (Å²) in [5.74, 6) is 0.778. The Morgan fingerprint density at radius 1 is 1.41 bits per heavy atom. The highest BCUT2D eigenvalue weighted by Gasteiger charge is 2.14. The van der Waals surface area contributed by atoms with Gasteiger partial charge in [0.15, 0.2) is 11.4 Å². The molecule has 2 rings (SSSR count). The molecule has 0 atom stereocenters. The summed E-state index contributed by atoms with van der Waals surface area (Å²) in [4.78, 5) is 18.7. The molecular weight excluding hydrogens is 262 g/mol. The molecule has 0 radical (unpaired) electrons. The van der Waals surface area contributed by atoms with Crippen molar-refractivity contribution in [2.24, 2.45) is 7.05 Å². The van der Waals surface area contributed by atoms with Crippen LogP contribution in [0.5, 0.6) is 0 Å². The molecule has 88 valence electrons. The van der Waals surface area contributed by atoms with Crippen LogP contribution >= 0.6 is 23.4 Å². The van der Waals surface area contributed by atoms with E-state index in [1.54, 1.807) is 4.57 Å². The van der Waals surface area contributed by atoms with Crippen LogP contribution < -0.4 is 0 Å². The Morgan fingerprint density at radius 2 is 2.18 bits per heavy atom. The molecule has 0 aliphatic heterocycles. The molecule has 0 N–H and O–H groups in total. The van der Waals surface area contributed by atoms with Gasteiger partial charge in [-0.3, -0.25) is 4.79 Å². The van der Waals surface area contributed by atoms with Crippen LogP contribution in [0.25, 0.3) is 0 Å². The van der Waals surface area contributed by atoms with Crippen LogP contribution in [0, 0.1) is 6.92 Å². The van der Waals surface area contributed by atoms with Gasteiger partial charge in [-0.15, -0.1) is 10.2 Å². The molecule has 2 heterocycles. The van der Waals surface area contributed by atoms with Crippen molar-refractivity contribution in [3.8, 4) is 0 Å². The number of hydrogen-bond acceptors (Lipinski definition) is 6. The molecule has 0 amide bonds. The Morgan fingerprint density at radius 3 is 2.76 bits per heavy atom. The highest BCUT2D eigenvalue weighted by Crippen LogP contribution is 2.28. The standard InChI is InChI=1S/C9H8ClN5OS/c1-5-13-14-9(15(5)2)17-8-6(3-16)7(10)11-4-12-8/h3-4H,1-2H3. The monoisotopic (exact) mass is 269 g/mol. The van der Waals surface area contributed by atoms with Crippen LogP contribution in [-0.2, 0) is 7.05 Å². The molecule has 0 aliphatic rings. The zero-order valence-electron chi connectivity index (χ0n) is 9.09. The van der Waals surface area contributed by atoms with E-state index in [-0.39, 0.29) is 10.7 Å². The first kappa shape index (κ1) is 12.0. The first-order valence-electron chi connectivity index (χ1n) is 4.63. The van der Waals surface area contributed by atoms with Crippen molar-refractivity contribution in [3.63, 3.8) is 0 Å². The third-order valence-electron chi connectivity index (χ3n) is 2.16. The number of hydrogen-bond donors (Lipinski definition) is 0. The van der Waals surface area contributed by atoms with Gasteiger partial charge >= 0.3 is 0 Å². The number of carbonyl (C=O) groups excluding carboxylic acids is 1. The maximum absolute atomic E-state index is 10.9. The fourth-order valence-corrected chi connectivity index (χ4v) is 2.21. The third-order valence-corrected chi connectivity index (χ3v) is 3.52. The van der Waals surface area contributed by atoms with Crippen molar-refractivity contribution >= 4 is 29.6 Å². The van der Waals surface area contributed by atoms with Crippen molar-refractivity contribution in [1.82, 2.24) is 24.7 Å². The summed E-state index contributed by atoms with van der Waals surface area (Å²) in [5, 5.41) is 9.13. The Balaban J connectivity index is 2.39. The fourth-order valence-electron chi connectivity index (χ4n) is 1.10. The van der Waals surface area contributed by atoms with E-state index >= 15 is 0 Å². The van der Waals surface area contributed by atoms with Gasteiger partial charge in [-0.2, -0.15) is 0 Å². The predicted octanol–water partition coefficient (Wildman–Crippen LogP) is 1.53. The lowest BCUT2D eigenvalue weighted by molar-refractivity contribution is 0.112. The molecule has 2 aromatic heterocycles. The lowest BCUT2D eigenvalue weighted by Gasteiger charge is -2.03. The summed E-state index contributed by atoms with van der Waals surface area (Å²) < 4.78 is 1.80. The summed E-state index contributed by atoms with van der Waals surface area (Å²) >= 11 is 7.03. The first-order valence-corrected chi connectivity index (χ1v) is 5.82. The van der Waals surface area contributed by atoms with Crippen LogP contribution in [0.15, 0.2) is 16.5 Å². The average Bonchev–Trinajstić information content (AvgIpc) is 2.61. The smallest absolute Gasteiger partial charge is 0.197 e. The predicted molar refractivity (Wildman–Crippen MR) is 62.3 cm³/mol. The van der Waals surface area contributed by atoms with Crippen LogP contribution in [0.4, 0.5) is 0 Å². The molecule has 17 heavy (non-hydrogen) atoms. The number of halogens is 1. The SMILES string of the molecule is Cc1nnc(Sc2ncnc(Cl)c2C=O)n1C. The van der Waals surface area contributed by atoms with Gasteiger partial charge < -0.3 is 4.57 Å². The molecule has 0 aromatic carbocycles. The number of carbonyl (C=O) groups is 1. The van der Waals surface area contributed by atoms with Crippen LogP contribution in [-0.4, -0.2) is 31.0 Å². The second-order valence-electron chi connectivity index (χ2n) is 3.19. The zero-order valence-corrected chi connectivity index (χ0v) is 10.7. The van der Waals surface area contributed by atoms with Crippen LogP contribution in [0.3, 0.4) is 0 Å². The van der Waals surface area contributed by atoms with E-state index in [9.17, 15) is 4.79 Å². The minimum Gasteiger partial charge on any atom is -0.309 e. The Labute approximate surface area is 106 Å². The maximum Gasteiger partial charge on any atom is 0.197 e. The zero-order chi connectivity index (χ0) is 12.4. The van der Waals surface area contributed by atoms with Gasteiger partial charge in [-0.25, -0.2) is 9.97 Å². The summed E-state index contributed by atoms with van der Waals surface area (Å²) in [7, 11) is 1.83. The van der Waals surface area contributed by atoms with Gasteiger partial charge in [0.1, 0.15) is 22.3 Å². The number of aldehydes is 1.